The lowest BCUT2D eigenvalue weighted by molar-refractivity contribution is -0.611. The van der Waals surface area contributed by atoms with Gasteiger partial charge in [0.25, 0.3) is 0 Å². The fourth-order valence-corrected chi connectivity index (χ4v) is 0. The van der Waals surface area contributed by atoms with Gasteiger partial charge in [0, 0.05) is 0 Å². The van der Waals surface area contributed by atoms with Crippen molar-refractivity contribution in [3.05, 3.63) is 0 Å². The average Bonchev–Trinajstić information content (AvgIpc) is 1.37. The zero-order valence-electron chi connectivity index (χ0n) is 1.71. The summed E-state index contributed by atoms with van der Waals surface area (Å²) >= 11 is 0. The van der Waals surface area contributed by atoms with Crippen LogP contribution in [0, 0.1) is 0 Å². The summed E-state index contributed by atoms with van der Waals surface area (Å²) in [6.07, 6.45) is 0. The van der Waals surface area contributed by atoms with Crippen molar-refractivity contribution in [3.63, 3.8) is 0 Å². The predicted molar refractivity (Wildman–Crippen MR) is 24.5 cm³/mol. The van der Waals surface area contributed by atoms with Gasteiger partial charge in [0.05, 0.1) is 0 Å². The van der Waals surface area contributed by atoms with Crippen LogP contribution in [0.3, 0.4) is 0 Å². The summed E-state index contributed by atoms with van der Waals surface area (Å²) < 4.78 is 0. The van der Waals surface area contributed by atoms with Crippen molar-refractivity contribution in [2.75, 3.05) is 0 Å². The van der Waals surface area contributed by atoms with Crippen LogP contribution in [-0.4, -0.2) is 56.6 Å². The van der Waals surface area contributed by atoms with Crippen LogP contribution in [0.2, 0.25) is 0 Å². The van der Waals surface area contributed by atoms with Crippen molar-refractivity contribution in [1.82, 2.24) is 0 Å². The molecule has 0 aromatic heterocycles. The first kappa shape index (κ1) is 15.7. The molecule has 0 spiro atoms. The highest BCUT2D eigenvalue weighted by atomic mass is 24.3. The Labute approximate surface area is 66.5 Å². The molecule has 0 fully saturated rings. The molecule has 0 rings (SSSR count). The Kier molecular flexibility index (Phi) is 42.2. The molecule has 0 amide bonds. The summed E-state index contributed by atoms with van der Waals surface area (Å²) in [6, 6.07) is 0. The predicted octanol–water partition coefficient (Wildman–Crippen LogP) is -1.95. The van der Waals surface area contributed by atoms with E-state index >= 15 is 0 Å². The molecule has 0 radical (unpaired) electrons. The first-order valence-corrected chi connectivity index (χ1v) is 0.532. The normalized spacial score (nSPS) is 5.00. The third-order valence-electron chi connectivity index (χ3n) is 0.0333. The Morgan fingerprint density at radius 1 is 0.833 bits per heavy atom. The molecule has 0 heterocycles. The lowest BCUT2D eigenvalue weighted by Crippen LogP contribution is -1.75. The third-order valence-corrected chi connectivity index (χ3v) is 0.0333. The van der Waals surface area contributed by atoms with Gasteiger partial charge in [-0.15, -0.1) is 0 Å². The minimum Gasteiger partial charge on any atom is -0.219 e. The lowest BCUT2D eigenvalue weighted by Gasteiger charge is -1.71. The molecule has 0 bridgehead atoms. The molecule has 0 aliphatic rings. The minimum atomic E-state index is 0. The van der Waals surface area contributed by atoms with Crippen LogP contribution >= 0.6 is 0 Å². The van der Waals surface area contributed by atoms with E-state index in [9.17, 15) is 0 Å². The Balaban J connectivity index is -0.0000000450. The molecule has 0 aliphatic carbocycles. The second-order valence-corrected chi connectivity index (χ2v) is 0.149. The van der Waals surface area contributed by atoms with Crippen molar-refractivity contribution >= 4 is 46.1 Å². The molecule has 34 valence electrons. The van der Waals surface area contributed by atoms with Gasteiger partial charge in [-0.3, -0.25) is 0 Å². The van der Waals surface area contributed by atoms with Crippen LogP contribution in [0.4, 0.5) is 0 Å². The topological polar surface area (TPSA) is 58.9 Å². The maximum atomic E-state index is 6.90. The summed E-state index contributed by atoms with van der Waals surface area (Å²) in [5.41, 5.74) is 0. The molecule has 0 saturated carbocycles. The second kappa shape index (κ2) is 16.2. The van der Waals surface area contributed by atoms with E-state index in [2.05, 4.69) is 10.1 Å². The van der Waals surface area contributed by atoms with E-state index in [-0.39, 0.29) is 46.1 Å². The van der Waals surface area contributed by atoms with Crippen molar-refractivity contribution in [2.45, 2.75) is 0 Å². The molecule has 0 saturated heterocycles. The van der Waals surface area contributed by atoms with E-state index in [1.807, 2.05) is 0 Å². The van der Waals surface area contributed by atoms with Crippen LogP contribution in [0.25, 0.3) is 0 Å². The van der Waals surface area contributed by atoms with Crippen LogP contribution in [0.1, 0.15) is 0 Å². The molecule has 0 atom stereocenters. The number of hydrogen-bond donors (Lipinski definition) is 2. The summed E-state index contributed by atoms with van der Waals surface area (Å²) in [4.78, 5) is 0. The van der Waals surface area contributed by atoms with Gasteiger partial charge >= 0.3 is 46.1 Å². The molecule has 0 unspecified atom stereocenters. The molecule has 0 aromatic carbocycles. The van der Waals surface area contributed by atoms with E-state index in [0.717, 1.165) is 0 Å². The number of hydrogen-bond acceptors (Lipinski definition) is 4. The van der Waals surface area contributed by atoms with Crippen molar-refractivity contribution in [1.29, 1.82) is 0 Å². The monoisotopic (exact) mass is 118 g/mol. The molecule has 4 nitrogen and oxygen atoms in total. The summed E-state index contributed by atoms with van der Waals surface area (Å²) in [6.45, 7) is 0. The molecule has 2 N–H and O–H groups in total. The van der Waals surface area contributed by atoms with Gasteiger partial charge in [-0.05, 0) is 10.1 Å². The maximum Gasteiger partial charge on any atom is 0.316 e. The fraction of sp³-hybridized carbons (Fsp3) is 0. The van der Waals surface area contributed by atoms with Crippen LogP contribution in [0.15, 0.2) is 0 Å². The first-order chi connectivity index (χ1) is 1.91. The molecule has 0 aromatic rings. The zero-order valence-corrected chi connectivity index (χ0v) is 1.71. The van der Waals surface area contributed by atoms with Crippen molar-refractivity contribution in [3.8, 4) is 0 Å². The summed E-state index contributed by atoms with van der Waals surface area (Å²) in [5, 5.41) is 19.0. The molecule has 0 aliphatic heterocycles. The van der Waals surface area contributed by atoms with E-state index in [1.165, 1.54) is 0 Å². The van der Waals surface area contributed by atoms with Gasteiger partial charge in [-0.25, -0.2) is 10.5 Å². The lowest BCUT2D eigenvalue weighted by atomic mass is 14.4. The van der Waals surface area contributed by atoms with Crippen LogP contribution < -0.4 is 0 Å². The third kappa shape index (κ3) is 18.2. The van der Waals surface area contributed by atoms with Gasteiger partial charge in [0.15, 0.2) is 0 Å². The Bertz CT molecular complexity index is 7.51. The van der Waals surface area contributed by atoms with E-state index in [0.29, 0.717) is 0 Å². The number of rotatable bonds is 1. The average molecular weight is 119 g/mol. The fourth-order valence-electron chi connectivity index (χ4n) is 0. The van der Waals surface area contributed by atoms with Crippen LogP contribution in [-0.2, 0) is 10.1 Å². The second-order valence-electron chi connectivity index (χ2n) is 0.149. The Morgan fingerprint density at radius 2 is 1.00 bits per heavy atom. The maximum absolute atomic E-state index is 6.90. The van der Waals surface area contributed by atoms with Crippen LogP contribution in [0.5, 0.6) is 0 Å². The highest BCUT2D eigenvalue weighted by Crippen LogP contribution is 1.49. The minimum absolute atomic E-state index is 0. The summed E-state index contributed by atoms with van der Waals surface area (Å²) in [7, 11) is 0. The largest absolute Gasteiger partial charge is 0.316 e. The van der Waals surface area contributed by atoms with Gasteiger partial charge in [-0.2, -0.15) is 0 Å². The standard InChI is InChI=1S/2Mg.H2O4.4H/c;;1-3-4-2;;;;/h;;1-2H;;;;. The molecule has 6 heteroatoms. The smallest absolute Gasteiger partial charge is 0.219 e. The summed E-state index contributed by atoms with van der Waals surface area (Å²) in [5.74, 6) is 0. The van der Waals surface area contributed by atoms with Crippen molar-refractivity contribution < 1.29 is 20.6 Å². The van der Waals surface area contributed by atoms with E-state index in [4.69, 9.17) is 10.5 Å². The molecular weight excluding hydrogens is 113 g/mol. The molecular formula is H6Mg2O4. The molecule has 6 heavy (non-hydrogen) atoms. The highest BCUT2D eigenvalue weighted by molar-refractivity contribution is 5.76. The SMILES string of the molecule is OOOO.[MgH2].[MgH2]. The Morgan fingerprint density at radius 3 is 1.00 bits per heavy atom. The van der Waals surface area contributed by atoms with Gasteiger partial charge in [-0.1, -0.05) is 0 Å². The van der Waals surface area contributed by atoms with Gasteiger partial charge in [0.2, 0.25) is 0 Å². The van der Waals surface area contributed by atoms with E-state index < -0.39 is 0 Å². The Hall–Kier alpha value is 1.37. The quantitative estimate of drug-likeness (QED) is 0.239. The van der Waals surface area contributed by atoms with E-state index in [1.54, 1.807) is 0 Å². The van der Waals surface area contributed by atoms with Gasteiger partial charge in [0.1, 0.15) is 0 Å². The zero-order chi connectivity index (χ0) is 3.41. The highest BCUT2D eigenvalue weighted by Gasteiger charge is 1.53. The van der Waals surface area contributed by atoms with Crippen molar-refractivity contribution in [2.24, 2.45) is 0 Å². The first-order valence-electron chi connectivity index (χ1n) is 0.532. The van der Waals surface area contributed by atoms with Gasteiger partial charge < -0.3 is 0 Å².